The summed E-state index contributed by atoms with van der Waals surface area (Å²) < 4.78 is 5.64. The fraction of sp³-hybridized carbons (Fsp3) is 0.500. The average Bonchev–Trinajstić information content (AvgIpc) is 2.36. The van der Waals surface area contributed by atoms with E-state index >= 15 is 0 Å². The summed E-state index contributed by atoms with van der Waals surface area (Å²) >= 11 is 0. The van der Waals surface area contributed by atoms with Gasteiger partial charge in [0.1, 0.15) is 6.10 Å². The topological polar surface area (TPSA) is 26.3 Å². The van der Waals surface area contributed by atoms with Crippen LogP contribution in [0.5, 0.6) is 0 Å². The van der Waals surface area contributed by atoms with Crippen LogP contribution >= 0.6 is 0 Å². The third-order valence-corrected chi connectivity index (χ3v) is 3.35. The summed E-state index contributed by atoms with van der Waals surface area (Å²) in [6, 6.07) is 8.10. The molecule has 1 aliphatic rings. The van der Waals surface area contributed by atoms with Gasteiger partial charge in [0.15, 0.2) is 5.78 Å². The van der Waals surface area contributed by atoms with Crippen molar-refractivity contribution >= 4 is 5.78 Å². The Morgan fingerprint density at radius 3 is 3.00 bits per heavy atom. The Morgan fingerprint density at radius 2 is 2.25 bits per heavy atom. The van der Waals surface area contributed by atoms with E-state index in [9.17, 15) is 4.79 Å². The lowest BCUT2D eigenvalue weighted by Crippen LogP contribution is -2.27. The quantitative estimate of drug-likeness (QED) is 0.779. The molecule has 0 N–H and O–H groups in total. The first-order valence-electron chi connectivity index (χ1n) is 5.97. The van der Waals surface area contributed by atoms with E-state index < -0.39 is 0 Å². The third-order valence-electron chi connectivity index (χ3n) is 3.35. The van der Waals surface area contributed by atoms with Gasteiger partial charge in [0, 0.05) is 5.92 Å². The SMILES string of the molecule is CCC(C)C(=O)C1OCCc2ccccc21. The molecule has 16 heavy (non-hydrogen) atoms. The second kappa shape index (κ2) is 4.79. The highest BCUT2D eigenvalue weighted by Gasteiger charge is 2.29. The van der Waals surface area contributed by atoms with Crippen molar-refractivity contribution in [2.24, 2.45) is 5.92 Å². The Hall–Kier alpha value is -1.15. The standard InChI is InChI=1S/C14H18O2/c1-3-10(2)13(15)14-12-7-5-4-6-11(12)8-9-16-14/h4-7,10,14H,3,8-9H2,1-2H3. The molecule has 0 saturated heterocycles. The maximum absolute atomic E-state index is 12.2. The minimum Gasteiger partial charge on any atom is -0.365 e. The molecule has 2 atom stereocenters. The molecule has 0 radical (unpaired) electrons. The molecule has 1 heterocycles. The van der Waals surface area contributed by atoms with Crippen LogP contribution in [0.2, 0.25) is 0 Å². The smallest absolute Gasteiger partial charge is 0.168 e. The fourth-order valence-corrected chi connectivity index (χ4v) is 2.09. The summed E-state index contributed by atoms with van der Waals surface area (Å²) in [5, 5.41) is 0. The van der Waals surface area contributed by atoms with E-state index in [4.69, 9.17) is 4.74 Å². The molecule has 1 aliphatic heterocycles. The van der Waals surface area contributed by atoms with Crippen molar-refractivity contribution in [1.82, 2.24) is 0 Å². The third kappa shape index (κ3) is 2.03. The van der Waals surface area contributed by atoms with Crippen LogP contribution in [0.25, 0.3) is 0 Å². The lowest BCUT2D eigenvalue weighted by Gasteiger charge is -2.26. The molecule has 0 amide bonds. The van der Waals surface area contributed by atoms with Gasteiger partial charge in [-0.05, 0) is 24.0 Å². The van der Waals surface area contributed by atoms with Gasteiger partial charge in [-0.25, -0.2) is 0 Å². The van der Waals surface area contributed by atoms with Crippen LogP contribution in [0.3, 0.4) is 0 Å². The molecule has 0 spiro atoms. The first-order valence-corrected chi connectivity index (χ1v) is 5.97. The van der Waals surface area contributed by atoms with Gasteiger partial charge in [-0.15, -0.1) is 0 Å². The lowest BCUT2D eigenvalue weighted by atomic mass is 9.90. The number of carbonyl (C=O) groups excluding carboxylic acids is 1. The number of carbonyl (C=O) groups is 1. The van der Waals surface area contributed by atoms with E-state index in [1.165, 1.54) is 5.56 Å². The zero-order chi connectivity index (χ0) is 11.5. The molecule has 2 nitrogen and oxygen atoms in total. The molecule has 86 valence electrons. The predicted molar refractivity (Wildman–Crippen MR) is 63.3 cm³/mol. The van der Waals surface area contributed by atoms with Crippen LogP contribution < -0.4 is 0 Å². The van der Waals surface area contributed by atoms with Gasteiger partial charge in [-0.3, -0.25) is 4.79 Å². The summed E-state index contributed by atoms with van der Waals surface area (Å²) in [4.78, 5) is 12.2. The highest BCUT2D eigenvalue weighted by atomic mass is 16.5. The molecule has 1 aromatic carbocycles. The number of benzene rings is 1. The molecular weight excluding hydrogens is 200 g/mol. The van der Waals surface area contributed by atoms with Crippen molar-refractivity contribution in [1.29, 1.82) is 0 Å². The largest absolute Gasteiger partial charge is 0.365 e. The van der Waals surface area contributed by atoms with Crippen molar-refractivity contribution in [2.75, 3.05) is 6.61 Å². The summed E-state index contributed by atoms with van der Waals surface area (Å²) in [6.45, 7) is 4.67. The fourth-order valence-electron chi connectivity index (χ4n) is 2.09. The van der Waals surface area contributed by atoms with E-state index in [-0.39, 0.29) is 17.8 Å². The summed E-state index contributed by atoms with van der Waals surface area (Å²) in [7, 11) is 0. The van der Waals surface area contributed by atoms with E-state index in [2.05, 4.69) is 6.07 Å². The van der Waals surface area contributed by atoms with Crippen LogP contribution in [0.1, 0.15) is 37.5 Å². The van der Waals surface area contributed by atoms with Crippen LogP contribution in [0.4, 0.5) is 0 Å². The van der Waals surface area contributed by atoms with Gasteiger partial charge in [0.25, 0.3) is 0 Å². The van der Waals surface area contributed by atoms with Crippen LogP contribution in [-0.2, 0) is 16.0 Å². The number of rotatable bonds is 3. The van der Waals surface area contributed by atoms with Crippen molar-refractivity contribution in [3.63, 3.8) is 0 Å². The minimum atomic E-state index is -0.333. The molecule has 2 rings (SSSR count). The Labute approximate surface area is 96.6 Å². The second-order valence-corrected chi connectivity index (χ2v) is 4.41. The molecule has 2 heteroatoms. The number of ether oxygens (including phenoxy) is 1. The molecule has 0 bridgehead atoms. The first-order chi connectivity index (χ1) is 7.74. The van der Waals surface area contributed by atoms with Crippen LogP contribution in [0.15, 0.2) is 24.3 Å². The number of Topliss-reactive ketones (excluding diaryl/α,β-unsaturated/α-hetero) is 1. The number of hydrogen-bond acceptors (Lipinski definition) is 2. The molecule has 1 aromatic rings. The Balaban J connectivity index is 2.28. The van der Waals surface area contributed by atoms with E-state index in [1.54, 1.807) is 0 Å². The lowest BCUT2D eigenvalue weighted by molar-refractivity contribution is -0.135. The van der Waals surface area contributed by atoms with Crippen molar-refractivity contribution in [2.45, 2.75) is 32.8 Å². The van der Waals surface area contributed by atoms with Gasteiger partial charge in [0.2, 0.25) is 0 Å². The normalized spacial score (nSPS) is 21.2. The summed E-state index contributed by atoms with van der Waals surface area (Å²) in [5.41, 5.74) is 2.33. The first kappa shape index (κ1) is 11.3. The van der Waals surface area contributed by atoms with Gasteiger partial charge in [-0.2, -0.15) is 0 Å². The monoisotopic (exact) mass is 218 g/mol. The summed E-state index contributed by atoms with van der Waals surface area (Å²) in [5.74, 6) is 0.297. The minimum absolute atomic E-state index is 0.0798. The van der Waals surface area contributed by atoms with E-state index in [0.29, 0.717) is 6.61 Å². The maximum Gasteiger partial charge on any atom is 0.168 e. The van der Waals surface area contributed by atoms with Crippen LogP contribution in [-0.4, -0.2) is 12.4 Å². The average molecular weight is 218 g/mol. The van der Waals surface area contributed by atoms with Gasteiger partial charge in [0.05, 0.1) is 6.61 Å². The zero-order valence-corrected chi connectivity index (χ0v) is 9.90. The van der Waals surface area contributed by atoms with Gasteiger partial charge < -0.3 is 4.74 Å². The highest BCUT2D eigenvalue weighted by molar-refractivity contribution is 5.86. The Bertz CT molecular complexity index is 384. The van der Waals surface area contributed by atoms with Crippen molar-refractivity contribution in [3.05, 3.63) is 35.4 Å². The predicted octanol–water partition coefficient (Wildman–Crippen LogP) is 2.92. The molecular formula is C14H18O2. The van der Waals surface area contributed by atoms with Crippen molar-refractivity contribution < 1.29 is 9.53 Å². The van der Waals surface area contributed by atoms with Crippen molar-refractivity contribution in [3.8, 4) is 0 Å². The molecule has 0 fully saturated rings. The van der Waals surface area contributed by atoms with E-state index in [0.717, 1.165) is 18.4 Å². The number of hydrogen-bond donors (Lipinski definition) is 0. The molecule has 0 saturated carbocycles. The van der Waals surface area contributed by atoms with Gasteiger partial charge in [-0.1, -0.05) is 38.1 Å². The van der Waals surface area contributed by atoms with Gasteiger partial charge >= 0.3 is 0 Å². The number of ketones is 1. The highest BCUT2D eigenvalue weighted by Crippen LogP contribution is 2.30. The number of fused-ring (bicyclic) bond motifs is 1. The Kier molecular flexibility index (Phi) is 3.39. The van der Waals surface area contributed by atoms with E-state index in [1.807, 2.05) is 32.0 Å². The zero-order valence-electron chi connectivity index (χ0n) is 9.90. The Morgan fingerprint density at radius 1 is 1.50 bits per heavy atom. The summed E-state index contributed by atoms with van der Waals surface area (Å²) in [6.07, 6.45) is 1.46. The maximum atomic E-state index is 12.2. The molecule has 0 aliphatic carbocycles. The molecule has 0 aromatic heterocycles. The van der Waals surface area contributed by atoms with Crippen LogP contribution in [0, 0.1) is 5.92 Å². The molecule has 2 unspecified atom stereocenters. The second-order valence-electron chi connectivity index (χ2n) is 4.41.